The summed E-state index contributed by atoms with van der Waals surface area (Å²) >= 11 is 0. The summed E-state index contributed by atoms with van der Waals surface area (Å²) in [6.45, 7) is 3.33. The predicted molar refractivity (Wildman–Crippen MR) is 129 cm³/mol. The van der Waals surface area contributed by atoms with Crippen LogP contribution in [0.3, 0.4) is 0 Å². The highest BCUT2D eigenvalue weighted by Crippen LogP contribution is 2.31. The Morgan fingerprint density at radius 1 is 0.971 bits per heavy atom. The molecule has 1 amide bonds. The van der Waals surface area contributed by atoms with Crippen molar-refractivity contribution in [3.63, 3.8) is 0 Å². The Balaban J connectivity index is 1.30. The van der Waals surface area contributed by atoms with Crippen molar-refractivity contribution >= 4 is 16.8 Å². The molecule has 2 heterocycles. The first kappa shape index (κ1) is 21.8. The number of carbonyl (C=O) groups excluding carboxylic acids is 1. The van der Waals surface area contributed by atoms with E-state index in [1.54, 1.807) is 0 Å². The van der Waals surface area contributed by atoms with Crippen molar-refractivity contribution in [1.29, 1.82) is 0 Å². The van der Waals surface area contributed by atoms with E-state index in [2.05, 4.69) is 15.3 Å². The topological polar surface area (TPSA) is 86.2 Å². The van der Waals surface area contributed by atoms with Crippen LogP contribution in [-0.2, 0) is 13.2 Å². The Hall–Kier alpha value is -4.00. The van der Waals surface area contributed by atoms with Crippen LogP contribution in [0.2, 0.25) is 0 Å². The van der Waals surface area contributed by atoms with Crippen LogP contribution in [0, 0.1) is 12.8 Å². The van der Waals surface area contributed by atoms with E-state index in [0.717, 1.165) is 33.5 Å². The first-order chi connectivity index (χ1) is 16.7. The fraction of sp³-hybridized carbons (Fsp3) is 0.259. The Labute approximate surface area is 198 Å². The van der Waals surface area contributed by atoms with Crippen molar-refractivity contribution < 1.29 is 14.3 Å². The Morgan fingerprint density at radius 2 is 1.71 bits per heavy atom. The minimum absolute atomic E-state index is 0.161. The molecule has 0 aliphatic heterocycles. The SMILES string of the molecule is Cc1c(COc2ncc(C(=O)NCC3CC3)cn2)nc2ccccc2c1OCc1ccccc1. The second-order valence-corrected chi connectivity index (χ2v) is 8.50. The summed E-state index contributed by atoms with van der Waals surface area (Å²) in [5.74, 6) is 1.24. The number of ether oxygens (including phenoxy) is 2. The molecule has 0 unspecified atom stereocenters. The van der Waals surface area contributed by atoms with Gasteiger partial charge in [-0.1, -0.05) is 42.5 Å². The van der Waals surface area contributed by atoms with Crippen molar-refractivity contribution in [2.45, 2.75) is 33.0 Å². The van der Waals surface area contributed by atoms with Crippen LogP contribution in [0.25, 0.3) is 10.9 Å². The van der Waals surface area contributed by atoms with Crippen molar-refractivity contribution in [3.05, 3.63) is 89.4 Å². The summed E-state index contributed by atoms with van der Waals surface area (Å²) < 4.78 is 12.1. The van der Waals surface area contributed by atoms with Gasteiger partial charge in [0, 0.05) is 29.9 Å². The van der Waals surface area contributed by atoms with E-state index in [-0.39, 0.29) is 18.5 Å². The van der Waals surface area contributed by atoms with Crippen LogP contribution >= 0.6 is 0 Å². The zero-order chi connectivity index (χ0) is 23.3. The Morgan fingerprint density at radius 3 is 2.47 bits per heavy atom. The molecule has 0 atom stereocenters. The van der Waals surface area contributed by atoms with Gasteiger partial charge in [0.05, 0.1) is 16.8 Å². The van der Waals surface area contributed by atoms with Gasteiger partial charge in [0.15, 0.2) is 0 Å². The zero-order valence-corrected chi connectivity index (χ0v) is 19.0. The van der Waals surface area contributed by atoms with Gasteiger partial charge < -0.3 is 14.8 Å². The second kappa shape index (κ2) is 9.87. The zero-order valence-electron chi connectivity index (χ0n) is 19.0. The molecule has 0 spiro atoms. The van der Waals surface area contributed by atoms with Gasteiger partial charge in [0.2, 0.25) is 0 Å². The number of nitrogens with one attached hydrogen (secondary N) is 1. The smallest absolute Gasteiger partial charge is 0.316 e. The maximum Gasteiger partial charge on any atom is 0.316 e. The molecule has 0 saturated heterocycles. The van der Waals surface area contributed by atoms with Gasteiger partial charge in [-0.2, -0.15) is 0 Å². The predicted octanol–water partition coefficient (Wildman–Crippen LogP) is 4.63. The molecule has 0 bridgehead atoms. The third kappa shape index (κ3) is 5.14. The van der Waals surface area contributed by atoms with Crippen LogP contribution in [-0.4, -0.2) is 27.4 Å². The highest BCUT2D eigenvalue weighted by molar-refractivity contribution is 5.93. The maximum atomic E-state index is 12.2. The van der Waals surface area contributed by atoms with E-state index >= 15 is 0 Å². The number of hydrogen-bond acceptors (Lipinski definition) is 6. The van der Waals surface area contributed by atoms with Gasteiger partial charge in [0.1, 0.15) is 19.0 Å². The van der Waals surface area contributed by atoms with Gasteiger partial charge in [-0.25, -0.2) is 15.0 Å². The molecular weight excluding hydrogens is 428 g/mol. The molecule has 5 rings (SSSR count). The molecule has 1 aliphatic rings. The molecule has 34 heavy (non-hydrogen) atoms. The molecule has 7 heteroatoms. The van der Waals surface area contributed by atoms with Crippen molar-refractivity contribution in [1.82, 2.24) is 20.3 Å². The van der Waals surface area contributed by atoms with Crippen molar-refractivity contribution in [2.75, 3.05) is 6.54 Å². The van der Waals surface area contributed by atoms with Crippen LogP contribution in [0.15, 0.2) is 67.0 Å². The lowest BCUT2D eigenvalue weighted by Gasteiger charge is -2.16. The number of rotatable bonds is 9. The first-order valence-electron chi connectivity index (χ1n) is 11.5. The fourth-order valence-electron chi connectivity index (χ4n) is 3.68. The van der Waals surface area contributed by atoms with E-state index in [1.807, 2.05) is 61.5 Å². The molecule has 7 nitrogen and oxygen atoms in total. The minimum atomic E-state index is -0.161. The highest BCUT2D eigenvalue weighted by Gasteiger charge is 2.22. The molecular formula is C27H26N4O3. The molecule has 2 aromatic carbocycles. The molecule has 172 valence electrons. The molecule has 0 radical (unpaired) electrons. The van der Waals surface area contributed by atoms with E-state index in [1.165, 1.54) is 25.2 Å². The number of fused-ring (bicyclic) bond motifs is 1. The fourth-order valence-corrected chi connectivity index (χ4v) is 3.68. The Kier molecular flexibility index (Phi) is 6.33. The molecule has 2 aromatic heterocycles. The summed E-state index contributed by atoms with van der Waals surface area (Å²) in [6.07, 6.45) is 5.34. The van der Waals surface area contributed by atoms with E-state index in [4.69, 9.17) is 14.5 Å². The third-order valence-electron chi connectivity index (χ3n) is 5.88. The van der Waals surface area contributed by atoms with Gasteiger partial charge in [-0.15, -0.1) is 0 Å². The number of nitrogens with zero attached hydrogens (tertiary/aromatic N) is 3. The number of carbonyl (C=O) groups is 1. The lowest BCUT2D eigenvalue weighted by atomic mass is 10.1. The Bertz CT molecular complexity index is 1290. The average Bonchev–Trinajstić information content (AvgIpc) is 3.71. The summed E-state index contributed by atoms with van der Waals surface area (Å²) in [7, 11) is 0. The number of benzene rings is 2. The molecule has 1 fully saturated rings. The number of pyridine rings is 1. The molecule has 1 aliphatic carbocycles. The van der Waals surface area contributed by atoms with E-state index < -0.39 is 0 Å². The summed E-state index contributed by atoms with van der Waals surface area (Å²) in [5.41, 5.74) is 4.00. The van der Waals surface area contributed by atoms with Crippen LogP contribution < -0.4 is 14.8 Å². The summed E-state index contributed by atoms with van der Waals surface area (Å²) in [5, 5.41) is 3.86. The van der Waals surface area contributed by atoms with Gasteiger partial charge in [0.25, 0.3) is 5.91 Å². The van der Waals surface area contributed by atoms with Gasteiger partial charge >= 0.3 is 6.01 Å². The molecule has 1 N–H and O–H groups in total. The summed E-state index contributed by atoms with van der Waals surface area (Å²) in [4.78, 5) is 25.3. The van der Waals surface area contributed by atoms with Crippen LogP contribution in [0.1, 0.15) is 40.0 Å². The maximum absolute atomic E-state index is 12.2. The quantitative estimate of drug-likeness (QED) is 0.397. The molecule has 1 saturated carbocycles. The first-order valence-corrected chi connectivity index (χ1v) is 11.5. The van der Waals surface area contributed by atoms with Gasteiger partial charge in [-0.3, -0.25) is 4.79 Å². The van der Waals surface area contributed by atoms with E-state index in [0.29, 0.717) is 24.6 Å². The monoisotopic (exact) mass is 454 g/mol. The average molecular weight is 455 g/mol. The van der Waals surface area contributed by atoms with E-state index in [9.17, 15) is 4.79 Å². The summed E-state index contributed by atoms with van der Waals surface area (Å²) in [6, 6.07) is 18.1. The second-order valence-electron chi connectivity index (χ2n) is 8.50. The van der Waals surface area contributed by atoms with Crippen LogP contribution in [0.5, 0.6) is 11.8 Å². The minimum Gasteiger partial charge on any atom is -0.488 e. The third-order valence-corrected chi connectivity index (χ3v) is 5.88. The van der Waals surface area contributed by atoms with Crippen molar-refractivity contribution in [3.8, 4) is 11.8 Å². The van der Waals surface area contributed by atoms with Gasteiger partial charge in [-0.05, 0) is 43.4 Å². The van der Waals surface area contributed by atoms with Crippen molar-refractivity contribution in [2.24, 2.45) is 5.92 Å². The lowest BCUT2D eigenvalue weighted by molar-refractivity contribution is 0.0951. The van der Waals surface area contributed by atoms with Crippen LogP contribution in [0.4, 0.5) is 0 Å². The lowest BCUT2D eigenvalue weighted by Crippen LogP contribution is -2.25. The normalized spacial score (nSPS) is 13.0. The number of para-hydroxylation sites is 1. The standard InChI is InChI=1S/C27H26N4O3/c1-18-24(17-34-27-29-14-21(15-30-27)26(32)28-13-19-11-12-19)31-23-10-6-5-9-22(23)25(18)33-16-20-7-3-2-4-8-20/h2-10,14-15,19H,11-13,16-17H2,1H3,(H,28,32). The number of aromatic nitrogens is 3. The molecule has 4 aromatic rings. The largest absolute Gasteiger partial charge is 0.488 e. The highest BCUT2D eigenvalue weighted by atomic mass is 16.5. The number of amides is 1. The number of hydrogen-bond donors (Lipinski definition) is 1.